The van der Waals surface area contributed by atoms with E-state index in [1.165, 1.54) is 7.11 Å². The predicted molar refractivity (Wildman–Crippen MR) is 75.7 cm³/mol. The minimum Gasteiger partial charge on any atom is -0.468 e. The number of carbonyl (C=O) groups is 1. The molecular formula is C12H15BrN4O2. The number of esters is 1. The molecule has 0 spiro atoms. The van der Waals surface area contributed by atoms with Gasteiger partial charge in [-0.1, -0.05) is 33.2 Å². The molecule has 1 unspecified atom stereocenters. The van der Waals surface area contributed by atoms with Gasteiger partial charge in [-0.15, -0.1) is 0 Å². The van der Waals surface area contributed by atoms with Gasteiger partial charge in [-0.25, -0.2) is 4.79 Å². The molecule has 0 fully saturated rings. The normalized spacial score (nSPS) is 11.5. The molecule has 0 saturated carbocycles. The maximum atomic E-state index is 11.8. The summed E-state index contributed by atoms with van der Waals surface area (Å²) in [7, 11) is 1.34. The molecule has 0 aliphatic heterocycles. The minimum atomic E-state index is -0.564. The number of azide groups is 1. The Kier molecular flexibility index (Phi) is 6.35. The molecule has 6 nitrogen and oxygen atoms in total. The second kappa shape index (κ2) is 7.78. The SMILES string of the molecule is COC(=O)C(NCCN=[N+]=[N-])c1ccc(Br)c(C)c1. The molecule has 0 aromatic heterocycles. The van der Waals surface area contributed by atoms with Crippen molar-refractivity contribution in [3.8, 4) is 0 Å². The Hall–Kier alpha value is -1.56. The lowest BCUT2D eigenvalue weighted by Crippen LogP contribution is -2.31. The highest BCUT2D eigenvalue weighted by Crippen LogP contribution is 2.22. The van der Waals surface area contributed by atoms with Crippen molar-refractivity contribution >= 4 is 21.9 Å². The first kappa shape index (κ1) is 15.5. The number of nitrogens with one attached hydrogen (secondary N) is 1. The molecule has 0 radical (unpaired) electrons. The van der Waals surface area contributed by atoms with E-state index < -0.39 is 6.04 Å². The number of ether oxygens (including phenoxy) is 1. The standard InChI is InChI=1S/C12H15BrN4O2/c1-8-7-9(3-4-10(8)13)11(12(18)19-2)15-5-6-16-17-14/h3-4,7,11,15H,5-6H2,1-2H3. The number of rotatable bonds is 6. The molecular weight excluding hydrogens is 312 g/mol. The second-order valence-electron chi connectivity index (χ2n) is 3.87. The zero-order valence-electron chi connectivity index (χ0n) is 10.8. The fraction of sp³-hybridized carbons (Fsp3) is 0.417. The van der Waals surface area contributed by atoms with Crippen molar-refractivity contribution in [2.45, 2.75) is 13.0 Å². The van der Waals surface area contributed by atoms with Crippen molar-refractivity contribution < 1.29 is 9.53 Å². The first-order chi connectivity index (χ1) is 9.10. The Morgan fingerprint density at radius 2 is 2.37 bits per heavy atom. The van der Waals surface area contributed by atoms with Gasteiger partial charge in [-0.05, 0) is 29.6 Å². The molecule has 0 amide bonds. The van der Waals surface area contributed by atoms with Crippen molar-refractivity contribution in [1.82, 2.24) is 5.32 Å². The van der Waals surface area contributed by atoms with E-state index in [-0.39, 0.29) is 12.5 Å². The summed E-state index contributed by atoms with van der Waals surface area (Å²) in [4.78, 5) is 14.4. The van der Waals surface area contributed by atoms with Crippen LogP contribution >= 0.6 is 15.9 Å². The van der Waals surface area contributed by atoms with E-state index in [0.717, 1.165) is 15.6 Å². The summed E-state index contributed by atoms with van der Waals surface area (Å²) in [5.74, 6) is -0.373. The Bertz CT molecular complexity index is 501. The summed E-state index contributed by atoms with van der Waals surface area (Å²) in [5, 5.41) is 6.43. The maximum absolute atomic E-state index is 11.8. The van der Waals surface area contributed by atoms with Gasteiger partial charge < -0.3 is 10.1 Å². The number of nitrogens with zero attached hydrogens (tertiary/aromatic N) is 3. The largest absolute Gasteiger partial charge is 0.468 e. The highest BCUT2D eigenvalue weighted by molar-refractivity contribution is 9.10. The van der Waals surface area contributed by atoms with Gasteiger partial charge in [0.05, 0.1) is 7.11 Å². The summed E-state index contributed by atoms with van der Waals surface area (Å²) < 4.78 is 5.76. The number of benzene rings is 1. The summed E-state index contributed by atoms with van der Waals surface area (Å²) in [6.45, 7) is 2.63. The molecule has 1 atom stereocenters. The number of aryl methyl sites for hydroxylation is 1. The van der Waals surface area contributed by atoms with Crippen LogP contribution in [0, 0.1) is 6.92 Å². The van der Waals surface area contributed by atoms with Gasteiger partial charge >= 0.3 is 5.97 Å². The van der Waals surface area contributed by atoms with E-state index in [0.29, 0.717) is 6.54 Å². The van der Waals surface area contributed by atoms with E-state index in [1.807, 2.05) is 25.1 Å². The molecule has 0 heterocycles. The van der Waals surface area contributed by atoms with Gasteiger partial charge in [0.2, 0.25) is 0 Å². The third-order valence-electron chi connectivity index (χ3n) is 2.58. The van der Waals surface area contributed by atoms with Gasteiger partial charge in [-0.3, -0.25) is 0 Å². The van der Waals surface area contributed by atoms with E-state index >= 15 is 0 Å². The van der Waals surface area contributed by atoms with Crippen LogP contribution in [0.3, 0.4) is 0 Å². The molecule has 1 N–H and O–H groups in total. The summed E-state index contributed by atoms with van der Waals surface area (Å²) >= 11 is 3.41. The fourth-order valence-corrected chi connectivity index (χ4v) is 1.85. The minimum absolute atomic E-state index is 0.277. The molecule has 1 aromatic carbocycles. The molecule has 0 saturated heterocycles. The number of hydrogen-bond acceptors (Lipinski definition) is 4. The molecule has 0 aliphatic rings. The first-order valence-corrected chi connectivity index (χ1v) is 6.47. The van der Waals surface area contributed by atoms with Crippen LogP contribution < -0.4 is 5.32 Å². The number of carbonyl (C=O) groups excluding carboxylic acids is 1. The highest BCUT2D eigenvalue weighted by Gasteiger charge is 2.20. The van der Waals surface area contributed by atoms with E-state index in [1.54, 1.807) is 0 Å². The molecule has 1 rings (SSSR count). The van der Waals surface area contributed by atoms with Crippen molar-refractivity contribution in [3.05, 3.63) is 44.2 Å². The number of hydrogen-bond donors (Lipinski definition) is 1. The van der Waals surface area contributed by atoms with Gasteiger partial charge in [0.25, 0.3) is 0 Å². The van der Waals surface area contributed by atoms with Crippen LogP contribution in [0.25, 0.3) is 10.4 Å². The summed E-state index contributed by atoms with van der Waals surface area (Å²) in [6.07, 6.45) is 0. The van der Waals surface area contributed by atoms with Crippen molar-refractivity contribution in [3.63, 3.8) is 0 Å². The van der Waals surface area contributed by atoms with Gasteiger partial charge in [0.15, 0.2) is 0 Å². The molecule has 102 valence electrons. The molecule has 19 heavy (non-hydrogen) atoms. The van der Waals surface area contributed by atoms with Crippen molar-refractivity contribution in [2.24, 2.45) is 5.11 Å². The van der Waals surface area contributed by atoms with Crippen molar-refractivity contribution in [2.75, 3.05) is 20.2 Å². The third kappa shape index (κ3) is 4.55. The van der Waals surface area contributed by atoms with Crippen LogP contribution in [0.15, 0.2) is 27.8 Å². The molecule has 0 aliphatic carbocycles. The highest BCUT2D eigenvalue weighted by atomic mass is 79.9. The smallest absolute Gasteiger partial charge is 0.327 e. The van der Waals surface area contributed by atoms with Gasteiger partial charge in [0.1, 0.15) is 6.04 Å². The van der Waals surface area contributed by atoms with Crippen LogP contribution in [-0.2, 0) is 9.53 Å². The predicted octanol–water partition coefficient (Wildman–Crippen LogP) is 2.87. The lowest BCUT2D eigenvalue weighted by molar-refractivity contribution is -0.143. The summed E-state index contributed by atoms with van der Waals surface area (Å²) in [6, 6.07) is 5.08. The quantitative estimate of drug-likeness (QED) is 0.286. The zero-order chi connectivity index (χ0) is 14.3. The Balaban J connectivity index is 2.86. The maximum Gasteiger partial charge on any atom is 0.327 e. The van der Waals surface area contributed by atoms with Crippen LogP contribution in [0.5, 0.6) is 0 Å². The number of methoxy groups -OCH3 is 1. The number of halogens is 1. The monoisotopic (exact) mass is 326 g/mol. The van der Waals surface area contributed by atoms with Crippen molar-refractivity contribution in [1.29, 1.82) is 0 Å². The zero-order valence-corrected chi connectivity index (χ0v) is 12.3. The average Bonchev–Trinajstić information content (AvgIpc) is 2.41. The van der Waals surface area contributed by atoms with Crippen LogP contribution in [0.4, 0.5) is 0 Å². The van der Waals surface area contributed by atoms with E-state index in [2.05, 4.69) is 31.3 Å². The Morgan fingerprint density at radius 1 is 1.63 bits per heavy atom. The average molecular weight is 327 g/mol. The first-order valence-electron chi connectivity index (χ1n) is 5.68. The summed E-state index contributed by atoms with van der Waals surface area (Å²) in [5.41, 5.74) is 10.0. The lowest BCUT2D eigenvalue weighted by Gasteiger charge is -2.17. The molecule has 1 aromatic rings. The van der Waals surface area contributed by atoms with Crippen LogP contribution in [-0.4, -0.2) is 26.2 Å². The Labute approximate surface area is 119 Å². The molecule has 0 bridgehead atoms. The second-order valence-corrected chi connectivity index (χ2v) is 4.73. The van der Waals surface area contributed by atoms with E-state index in [4.69, 9.17) is 10.3 Å². The fourth-order valence-electron chi connectivity index (χ4n) is 1.61. The van der Waals surface area contributed by atoms with Gasteiger partial charge in [-0.2, -0.15) is 0 Å². The molecule has 7 heteroatoms. The van der Waals surface area contributed by atoms with Gasteiger partial charge in [0, 0.05) is 22.5 Å². The topological polar surface area (TPSA) is 87.1 Å². The third-order valence-corrected chi connectivity index (χ3v) is 3.47. The van der Waals surface area contributed by atoms with Crippen LogP contribution in [0.2, 0.25) is 0 Å². The Morgan fingerprint density at radius 3 is 2.95 bits per heavy atom. The van der Waals surface area contributed by atoms with E-state index in [9.17, 15) is 4.79 Å². The lowest BCUT2D eigenvalue weighted by atomic mass is 10.0. The van der Waals surface area contributed by atoms with Crippen LogP contribution in [0.1, 0.15) is 17.2 Å².